The molecule has 0 aliphatic carbocycles. The first kappa shape index (κ1) is 32.4. The maximum Gasteiger partial charge on any atom is 0.0786 e. The smallest absolute Gasteiger partial charge is 0.0786 e. The normalized spacial score (nSPS) is 10.3. The van der Waals surface area contributed by atoms with Crippen molar-refractivity contribution in [2.45, 2.75) is 79.1 Å². The molecule has 179 valence electrons. The van der Waals surface area contributed by atoms with Crippen molar-refractivity contribution in [3.05, 3.63) is 54.7 Å². The molecule has 1 radical (unpaired) electrons. The standard InChI is InChI=1S/C16H36N.C11H8N.ClH.Ir/c1-5-9-13-17(14-10-6-2,15-11-7-3)16-12-8-4;1-2-6-10(7-3-1)11-8-4-5-9-12-11;;/h5-16H2,1-4H3;1-6,8-9H;1H;/q+1;-1;;/p-1. The molecule has 0 fully saturated rings. The Bertz CT molecular complexity index is 532. The first-order valence-electron chi connectivity index (χ1n) is 11.9. The Kier molecular flexibility index (Phi) is 22.1. The van der Waals surface area contributed by atoms with Gasteiger partial charge in [-0.05, 0) is 37.4 Å². The molecule has 0 atom stereocenters. The molecule has 4 heteroatoms. The van der Waals surface area contributed by atoms with Crippen molar-refractivity contribution in [1.82, 2.24) is 4.98 Å². The van der Waals surface area contributed by atoms with Crippen LogP contribution < -0.4 is 12.4 Å². The van der Waals surface area contributed by atoms with Crippen LogP contribution in [0.25, 0.3) is 11.3 Å². The van der Waals surface area contributed by atoms with E-state index >= 15 is 0 Å². The molecule has 0 saturated carbocycles. The number of halogens is 1. The zero-order valence-electron chi connectivity index (χ0n) is 20.2. The summed E-state index contributed by atoms with van der Waals surface area (Å²) in [6.07, 6.45) is 12.8. The van der Waals surface area contributed by atoms with Crippen LogP contribution in [0.5, 0.6) is 0 Å². The van der Waals surface area contributed by atoms with E-state index in [9.17, 15) is 0 Å². The summed E-state index contributed by atoms with van der Waals surface area (Å²) in [7, 11) is 0. The number of quaternary nitrogens is 1. The van der Waals surface area contributed by atoms with Gasteiger partial charge in [-0.15, -0.1) is 35.9 Å². The number of aromatic nitrogens is 1. The minimum Gasteiger partial charge on any atom is -1.00 e. The molecule has 1 aromatic heterocycles. The Hall–Kier alpha value is -0.731. The second kappa shape index (κ2) is 21.1. The van der Waals surface area contributed by atoms with Crippen LogP contribution in [0.2, 0.25) is 0 Å². The topological polar surface area (TPSA) is 12.9 Å². The number of unbranched alkanes of at least 4 members (excludes halogenated alkanes) is 4. The molecule has 0 bridgehead atoms. The van der Waals surface area contributed by atoms with Crippen LogP contribution in [-0.2, 0) is 20.1 Å². The molecule has 2 rings (SSSR count). The fourth-order valence-electron chi connectivity index (χ4n) is 3.72. The molecule has 1 aromatic carbocycles. The average molecular weight is 624 g/mol. The number of benzene rings is 1. The van der Waals surface area contributed by atoms with E-state index in [1.807, 2.05) is 42.5 Å². The molecule has 0 spiro atoms. The average Bonchev–Trinajstić information content (AvgIpc) is 2.80. The van der Waals surface area contributed by atoms with Gasteiger partial charge in [0.2, 0.25) is 0 Å². The summed E-state index contributed by atoms with van der Waals surface area (Å²) in [5.74, 6) is 0. The largest absolute Gasteiger partial charge is 1.00 e. The molecule has 1 heterocycles. The minimum absolute atomic E-state index is 0. The van der Waals surface area contributed by atoms with Crippen LogP contribution in [0.3, 0.4) is 0 Å². The van der Waals surface area contributed by atoms with Crippen molar-refractivity contribution in [3.8, 4) is 11.3 Å². The molecule has 2 aromatic rings. The summed E-state index contributed by atoms with van der Waals surface area (Å²) in [5, 5.41) is 0. The molecular formula is C27H44ClIrN2-. The SMILES string of the molecule is CCCC[N+](CCCC)(CCCC)CCCC.[Cl-].[Ir].[c-]1ccccc1-c1ccccn1. The molecule has 0 N–H and O–H groups in total. The second-order valence-corrected chi connectivity index (χ2v) is 8.14. The number of hydrogen-bond donors (Lipinski definition) is 0. The monoisotopic (exact) mass is 624 g/mol. The number of rotatable bonds is 13. The van der Waals surface area contributed by atoms with Crippen molar-refractivity contribution in [1.29, 1.82) is 0 Å². The van der Waals surface area contributed by atoms with Gasteiger partial charge < -0.3 is 21.9 Å². The van der Waals surface area contributed by atoms with Crippen molar-refractivity contribution < 1.29 is 37.0 Å². The predicted octanol–water partition coefficient (Wildman–Crippen LogP) is 4.55. The Morgan fingerprint density at radius 3 is 1.55 bits per heavy atom. The molecule has 0 aliphatic rings. The Morgan fingerprint density at radius 2 is 1.19 bits per heavy atom. The first-order valence-corrected chi connectivity index (χ1v) is 11.9. The van der Waals surface area contributed by atoms with Gasteiger partial charge in [0.25, 0.3) is 0 Å². The maximum atomic E-state index is 4.22. The molecule has 2 nitrogen and oxygen atoms in total. The van der Waals surface area contributed by atoms with Gasteiger partial charge in [0.1, 0.15) is 0 Å². The molecule has 0 amide bonds. The third-order valence-electron chi connectivity index (χ3n) is 5.59. The number of nitrogens with zero attached hydrogens (tertiary/aromatic N) is 2. The first-order chi connectivity index (χ1) is 14.2. The third kappa shape index (κ3) is 14.1. The van der Waals surface area contributed by atoms with Crippen LogP contribution >= 0.6 is 0 Å². The molecule has 0 unspecified atom stereocenters. The summed E-state index contributed by atoms with van der Waals surface area (Å²) in [5.41, 5.74) is 2.01. The van der Waals surface area contributed by atoms with Crippen molar-refractivity contribution in [2.24, 2.45) is 0 Å². The molecule has 0 saturated heterocycles. The van der Waals surface area contributed by atoms with E-state index in [4.69, 9.17) is 0 Å². The van der Waals surface area contributed by atoms with Gasteiger partial charge in [-0.2, -0.15) is 0 Å². The van der Waals surface area contributed by atoms with Crippen molar-refractivity contribution in [2.75, 3.05) is 26.2 Å². The fraction of sp³-hybridized carbons (Fsp3) is 0.593. The van der Waals surface area contributed by atoms with E-state index in [-0.39, 0.29) is 32.5 Å². The quantitative estimate of drug-likeness (QED) is 0.236. The van der Waals surface area contributed by atoms with Gasteiger partial charge in [0.05, 0.1) is 26.2 Å². The Morgan fingerprint density at radius 1 is 0.710 bits per heavy atom. The van der Waals surface area contributed by atoms with Crippen LogP contribution in [0, 0.1) is 6.07 Å². The van der Waals surface area contributed by atoms with Gasteiger partial charge in [0.15, 0.2) is 0 Å². The summed E-state index contributed by atoms with van der Waals surface area (Å²) in [4.78, 5) is 4.22. The summed E-state index contributed by atoms with van der Waals surface area (Å²) in [6, 6.07) is 16.8. The maximum absolute atomic E-state index is 4.22. The van der Waals surface area contributed by atoms with Crippen LogP contribution in [0.1, 0.15) is 79.1 Å². The number of pyridine rings is 1. The van der Waals surface area contributed by atoms with E-state index in [0.717, 1.165) is 11.3 Å². The summed E-state index contributed by atoms with van der Waals surface area (Å²) < 4.78 is 1.42. The minimum atomic E-state index is 0. The van der Waals surface area contributed by atoms with Gasteiger partial charge in [-0.1, -0.05) is 65.5 Å². The zero-order chi connectivity index (χ0) is 21.2. The van der Waals surface area contributed by atoms with Crippen LogP contribution in [0.4, 0.5) is 0 Å². The zero-order valence-corrected chi connectivity index (χ0v) is 23.4. The predicted molar refractivity (Wildman–Crippen MR) is 128 cm³/mol. The third-order valence-corrected chi connectivity index (χ3v) is 5.59. The van der Waals surface area contributed by atoms with Crippen LogP contribution in [-0.4, -0.2) is 35.6 Å². The molecular weight excluding hydrogens is 580 g/mol. The van der Waals surface area contributed by atoms with Crippen LogP contribution in [0.15, 0.2) is 48.7 Å². The second-order valence-electron chi connectivity index (χ2n) is 8.14. The number of hydrogen-bond acceptors (Lipinski definition) is 1. The van der Waals surface area contributed by atoms with E-state index in [1.54, 1.807) is 6.20 Å². The van der Waals surface area contributed by atoms with E-state index < -0.39 is 0 Å². The van der Waals surface area contributed by atoms with Gasteiger partial charge in [-0.3, -0.25) is 0 Å². The summed E-state index contributed by atoms with van der Waals surface area (Å²) in [6.45, 7) is 15.0. The fourth-order valence-corrected chi connectivity index (χ4v) is 3.72. The van der Waals surface area contributed by atoms with E-state index in [1.165, 1.54) is 82.0 Å². The van der Waals surface area contributed by atoms with Crippen molar-refractivity contribution >= 4 is 0 Å². The molecule has 0 aliphatic heterocycles. The van der Waals surface area contributed by atoms with Gasteiger partial charge >= 0.3 is 0 Å². The van der Waals surface area contributed by atoms with Gasteiger partial charge in [-0.25, -0.2) is 0 Å². The summed E-state index contributed by atoms with van der Waals surface area (Å²) >= 11 is 0. The Balaban J connectivity index is 0. The van der Waals surface area contributed by atoms with E-state index in [0.29, 0.717) is 0 Å². The molecule has 31 heavy (non-hydrogen) atoms. The Labute approximate surface area is 212 Å². The van der Waals surface area contributed by atoms with Gasteiger partial charge in [0, 0.05) is 26.3 Å². The van der Waals surface area contributed by atoms with E-state index in [2.05, 4.69) is 38.7 Å². The van der Waals surface area contributed by atoms with Crippen molar-refractivity contribution in [3.63, 3.8) is 0 Å².